The number of anilines is 1. The SMILES string of the molecule is CC[C@@]1(OC(=O)OCc2ccc(NC(=O)CNC(=O)COCC=O)cc2)C(=O)OCc2c1cc1n(c2=O)Cc2c-1nc1ccccc1c2CCN(C(C)=O)C(C)C. The molecule has 2 aliphatic heterocycles. The predicted octanol–water partition coefficient (Wildman–Crippen LogP) is 3.51. The molecule has 1 atom stereocenters. The molecule has 4 aromatic rings. The molecule has 0 fully saturated rings. The molecule has 0 unspecified atom stereocenters. The van der Waals surface area contributed by atoms with E-state index in [1.54, 1.807) is 53.6 Å². The lowest BCUT2D eigenvalue weighted by Crippen LogP contribution is -2.47. The highest BCUT2D eigenvalue weighted by molar-refractivity contribution is 5.95. The van der Waals surface area contributed by atoms with Gasteiger partial charge in [-0.25, -0.2) is 14.6 Å². The summed E-state index contributed by atoms with van der Waals surface area (Å²) in [6, 6.07) is 15.7. The van der Waals surface area contributed by atoms with Crippen LogP contribution in [0.5, 0.6) is 0 Å². The Morgan fingerprint density at radius 2 is 1.81 bits per heavy atom. The minimum Gasteiger partial charge on any atom is -0.457 e. The summed E-state index contributed by atoms with van der Waals surface area (Å²) < 4.78 is 23.1. The summed E-state index contributed by atoms with van der Waals surface area (Å²) in [4.78, 5) is 94.4. The summed E-state index contributed by atoms with van der Waals surface area (Å²) >= 11 is 0. The van der Waals surface area contributed by atoms with Gasteiger partial charge in [-0.2, -0.15) is 0 Å². The third-order valence-electron chi connectivity index (χ3n) is 10.0. The van der Waals surface area contributed by atoms with E-state index in [0.717, 1.165) is 16.5 Å². The summed E-state index contributed by atoms with van der Waals surface area (Å²) in [6.07, 6.45) is -0.190. The van der Waals surface area contributed by atoms with Crippen LogP contribution in [0.25, 0.3) is 22.3 Å². The number of para-hydroxylation sites is 1. The number of esters is 1. The average Bonchev–Trinajstić information content (AvgIpc) is 3.56. The Hall–Kier alpha value is -6.42. The largest absolute Gasteiger partial charge is 0.510 e. The van der Waals surface area contributed by atoms with Crippen molar-refractivity contribution >= 4 is 52.7 Å². The summed E-state index contributed by atoms with van der Waals surface area (Å²) in [5.74, 6) is -1.94. The van der Waals surface area contributed by atoms with Crippen molar-refractivity contribution in [2.24, 2.45) is 0 Å². The zero-order valence-electron chi connectivity index (χ0n) is 32.0. The second-order valence-electron chi connectivity index (χ2n) is 13.9. The molecule has 298 valence electrons. The van der Waals surface area contributed by atoms with Crippen LogP contribution in [0.1, 0.15) is 61.9 Å². The molecule has 2 aliphatic rings. The summed E-state index contributed by atoms with van der Waals surface area (Å²) in [7, 11) is 0. The molecule has 0 saturated heterocycles. The molecule has 0 radical (unpaired) electrons. The summed E-state index contributed by atoms with van der Waals surface area (Å²) in [5, 5.41) is 5.90. The van der Waals surface area contributed by atoms with Crippen LogP contribution in [0.15, 0.2) is 59.4 Å². The fraction of sp³-hybridized carbons (Fsp3) is 0.366. The number of pyridine rings is 2. The van der Waals surface area contributed by atoms with Crippen molar-refractivity contribution in [2.45, 2.75) is 71.9 Å². The number of nitrogens with one attached hydrogen (secondary N) is 2. The zero-order chi connectivity index (χ0) is 40.9. The first-order valence-electron chi connectivity index (χ1n) is 18.5. The Labute approximate surface area is 327 Å². The second kappa shape index (κ2) is 17.2. The van der Waals surface area contributed by atoms with Gasteiger partial charge in [0.15, 0.2) is 0 Å². The Kier molecular flexibility index (Phi) is 12.1. The smallest absolute Gasteiger partial charge is 0.457 e. The van der Waals surface area contributed by atoms with Gasteiger partial charge in [0.1, 0.15) is 32.7 Å². The molecule has 57 heavy (non-hydrogen) atoms. The van der Waals surface area contributed by atoms with E-state index in [2.05, 4.69) is 10.6 Å². The number of benzene rings is 2. The van der Waals surface area contributed by atoms with Crippen molar-refractivity contribution in [3.8, 4) is 11.4 Å². The number of cyclic esters (lactones) is 1. The van der Waals surface area contributed by atoms with Crippen LogP contribution in [0.2, 0.25) is 0 Å². The van der Waals surface area contributed by atoms with Crippen LogP contribution >= 0.6 is 0 Å². The molecule has 6 rings (SSSR count). The number of aromatic nitrogens is 2. The molecule has 3 amide bonds. The number of aldehydes is 1. The first-order chi connectivity index (χ1) is 27.4. The normalized spacial score (nSPS) is 15.2. The van der Waals surface area contributed by atoms with Gasteiger partial charge in [-0.05, 0) is 62.1 Å². The number of fused-ring (bicyclic) bond motifs is 5. The van der Waals surface area contributed by atoms with Gasteiger partial charge in [0.2, 0.25) is 23.3 Å². The van der Waals surface area contributed by atoms with Crippen LogP contribution in [0.4, 0.5) is 10.5 Å². The standard InChI is InChI=1S/C41H43N5O11/c1-5-41(57-40(53)56-21-26-10-12-27(13-11-26)43-35(49)19-42-36(50)23-54-17-16-47)32-18-34-37-30(20-46(34)38(51)31(32)22-55-39(41)52)28(14-15-45(24(2)3)25(4)48)29-8-6-7-9-33(29)44-37/h6-13,16,18,24H,5,14-15,17,19-23H2,1-4H3,(H,42,50)(H,43,49)/t41-/m0/s1. The van der Waals surface area contributed by atoms with Gasteiger partial charge in [0.25, 0.3) is 5.56 Å². The second-order valence-corrected chi connectivity index (χ2v) is 13.9. The third-order valence-corrected chi connectivity index (χ3v) is 10.0. The van der Waals surface area contributed by atoms with Crippen molar-refractivity contribution in [3.63, 3.8) is 0 Å². The van der Waals surface area contributed by atoms with Crippen molar-refractivity contribution in [2.75, 3.05) is 31.6 Å². The Balaban J connectivity index is 1.20. The molecule has 0 bridgehead atoms. The lowest BCUT2D eigenvalue weighted by molar-refractivity contribution is -0.175. The molecule has 4 heterocycles. The van der Waals surface area contributed by atoms with Crippen molar-refractivity contribution in [3.05, 3.63) is 92.8 Å². The van der Waals surface area contributed by atoms with E-state index in [9.17, 15) is 33.6 Å². The number of hydrogen-bond donors (Lipinski definition) is 2. The molecule has 2 aromatic heterocycles. The maximum Gasteiger partial charge on any atom is 0.510 e. The first-order valence-corrected chi connectivity index (χ1v) is 18.5. The van der Waals surface area contributed by atoms with E-state index in [1.807, 2.05) is 38.1 Å². The van der Waals surface area contributed by atoms with Gasteiger partial charge in [0, 0.05) is 41.7 Å². The minimum absolute atomic E-state index is 0.00157. The van der Waals surface area contributed by atoms with Gasteiger partial charge >= 0.3 is 12.1 Å². The van der Waals surface area contributed by atoms with Crippen LogP contribution in [0.3, 0.4) is 0 Å². The zero-order valence-corrected chi connectivity index (χ0v) is 32.0. The maximum atomic E-state index is 14.2. The number of amides is 3. The molecule has 16 heteroatoms. The maximum absolute atomic E-state index is 14.2. The van der Waals surface area contributed by atoms with E-state index in [-0.39, 0.29) is 69.0 Å². The van der Waals surface area contributed by atoms with Gasteiger partial charge < -0.3 is 43.8 Å². The van der Waals surface area contributed by atoms with Crippen molar-refractivity contribution in [1.29, 1.82) is 0 Å². The van der Waals surface area contributed by atoms with Crippen LogP contribution < -0.4 is 16.2 Å². The lowest BCUT2D eigenvalue weighted by Gasteiger charge is -2.35. The summed E-state index contributed by atoms with van der Waals surface area (Å²) in [6.45, 7) is 6.34. The number of nitrogens with zero attached hydrogens (tertiary/aromatic N) is 3. The molecule has 2 aromatic carbocycles. The lowest BCUT2D eigenvalue weighted by atomic mass is 9.85. The van der Waals surface area contributed by atoms with E-state index >= 15 is 0 Å². The average molecular weight is 782 g/mol. The predicted molar refractivity (Wildman–Crippen MR) is 205 cm³/mol. The highest BCUT2D eigenvalue weighted by Crippen LogP contribution is 2.42. The van der Waals surface area contributed by atoms with Gasteiger partial charge in [-0.1, -0.05) is 37.3 Å². The van der Waals surface area contributed by atoms with E-state index in [4.69, 9.17) is 23.9 Å². The quantitative estimate of drug-likeness (QED) is 0.0891. The molecule has 0 aliphatic carbocycles. The number of rotatable bonds is 15. The summed E-state index contributed by atoms with van der Waals surface area (Å²) in [5.41, 5.74) is 2.49. The number of carbonyl (C=O) groups excluding carboxylic acids is 6. The van der Waals surface area contributed by atoms with E-state index < -0.39 is 35.1 Å². The number of hydrogen-bond acceptors (Lipinski definition) is 12. The molecule has 2 N–H and O–H groups in total. The molecule has 0 spiro atoms. The van der Waals surface area contributed by atoms with Crippen LogP contribution in [-0.2, 0) is 74.7 Å². The Morgan fingerprint density at radius 3 is 2.51 bits per heavy atom. The Bertz CT molecular complexity index is 2300. The number of carbonyl (C=O) groups is 6. The minimum atomic E-state index is -1.98. The monoisotopic (exact) mass is 781 g/mol. The van der Waals surface area contributed by atoms with E-state index in [0.29, 0.717) is 47.4 Å². The highest BCUT2D eigenvalue weighted by Gasteiger charge is 2.51. The molecule has 0 saturated carbocycles. The van der Waals surface area contributed by atoms with Gasteiger partial charge in [-0.3, -0.25) is 19.2 Å². The fourth-order valence-electron chi connectivity index (χ4n) is 7.20. The molecular weight excluding hydrogens is 738 g/mol. The topological polar surface area (TPSA) is 202 Å². The van der Waals surface area contributed by atoms with Crippen molar-refractivity contribution < 1.29 is 47.7 Å². The van der Waals surface area contributed by atoms with Gasteiger partial charge in [0.05, 0.1) is 35.6 Å². The molecular formula is C41H43N5O11. The van der Waals surface area contributed by atoms with Crippen molar-refractivity contribution in [1.82, 2.24) is 19.8 Å². The van der Waals surface area contributed by atoms with Crippen LogP contribution in [0, 0.1) is 0 Å². The Morgan fingerprint density at radius 1 is 1.05 bits per heavy atom. The van der Waals surface area contributed by atoms with Gasteiger partial charge in [-0.15, -0.1) is 0 Å². The molecule has 16 nitrogen and oxygen atoms in total. The third kappa shape index (κ3) is 8.40. The first kappa shape index (κ1) is 40.2. The fourth-order valence-corrected chi connectivity index (χ4v) is 7.20. The van der Waals surface area contributed by atoms with Crippen LogP contribution in [-0.4, -0.2) is 82.9 Å². The highest BCUT2D eigenvalue weighted by atomic mass is 16.7. The van der Waals surface area contributed by atoms with E-state index in [1.165, 1.54) is 0 Å². The number of ether oxygens (including phenoxy) is 4.